The highest BCUT2D eigenvalue weighted by Crippen LogP contribution is 2.33. The number of piperazine rings is 1. The molecule has 2 aromatic rings. The fraction of sp³-hybridized carbons (Fsp3) is 0.409. The van der Waals surface area contributed by atoms with Crippen LogP contribution in [0.2, 0.25) is 0 Å². The molecule has 30 heavy (non-hydrogen) atoms. The quantitative estimate of drug-likeness (QED) is 0.417. The number of nitrogens with one attached hydrogen (secondary N) is 1. The molecule has 0 saturated carbocycles. The smallest absolute Gasteiger partial charge is 0.231 e. The zero-order valence-corrected chi connectivity index (χ0v) is 18.2. The summed E-state index contributed by atoms with van der Waals surface area (Å²) >= 11 is 1.73. The van der Waals surface area contributed by atoms with E-state index in [-0.39, 0.29) is 0 Å². The Balaban J connectivity index is 1.37. The molecule has 1 fully saturated rings. The molecule has 0 aliphatic carbocycles. The fourth-order valence-electron chi connectivity index (χ4n) is 3.67. The first kappa shape index (κ1) is 20.8. The Hall–Kier alpha value is -2.42. The largest absolute Gasteiger partial charge is 0.454 e. The van der Waals surface area contributed by atoms with E-state index >= 15 is 0 Å². The zero-order valence-electron chi connectivity index (χ0n) is 17.3. The Morgan fingerprint density at radius 3 is 2.70 bits per heavy atom. The van der Waals surface area contributed by atoms with Crippen LogP contribution < -0.4 is 20.5 Å². The van der Waals surface area contributed by atoms with Crippen LogP contribution in [0, 0.1) is 0 Å². The van der Waals surface area contributed by atoms with Crippen molar-refractivity contribution >= 4 is 23.4 Å². The monoisotopic (exact) mass is 427 g/mol. The van der Waals surface area contributed by atoms with E-state index in [1.165, 1.54) is 10.5 Å². The first-order chi connectivity index (χ1) is 14.8. The molecule has 0 atom stereocenters. The summed E-state index contributed by atoms with van der Waals surface area (Å²) in [5.41, 5.74) is 8.05. The Labute approximate surface area is 182 Å². The number of anilines is 1. The van der Waals surface area contributed by atoms with Gasteiger partial charge in [-0.25, -0.2) is 0 Å². The van der Waals surface area contributed by atoms with E-state index in [1.54, 1.807) is 11.8 Å². The number of benzene rings is 2. The number of nitrogens with zero attached hydrogens (tertiary/aromatic N) is 3. The number of ether oxygens (including phenoxy) is 2. The van der Waals surface area contributed by atoms with Gasteiger partial charge in [0.1, 0.15) is 0 Å². The normalized spacial score (nSPS) is 16.7. The predicted octanol–water partition coefficient (Wildman–Crippen LogP) is 2.68. The summed E-state index contributed by atoms with van der Waals surface area (Å²) in [6.07, 6.45) is 2.09. The maximum Gasteiger partial charge on any atom is 0.231 e. The predicted molar refractivity (Wildman–Crippen MR) is 123 cm³/mol. The van der Waals surface area contributed by atoms with Gasteiger partial charge in [-0.3, -0.25) is 9.89 Å². The Morgan fingerprint density at radius 2 is 1.90 bits per heavy atom. The minimum Gasteiger partial charge on any atom is -0.454 e. The van der Waals surface area contributed by atoms with Gasteiger partial charge in [-0.2, -0.15) is 0 Å². The van der Waals surface area contributed by atoms with Crippen LogP contribution in [0.25, 0.3) is 0 Å². The Kier molecular flexibility index (Phi) is 6.99. The summed E-state index contributed by atoms with van der Waals surface area (Å²) in [5, 5.41) is 3.55. The molecular weight excluding hydrogens is 398 g/mol. The van der Waals surface area contributed by atoms with Gasteiger partial charge >= 0.3 is 0 Å². The van der Waals surface area contributed by atoms with Crippen molar-refractivity contribution in [3.05, 3.63) is 48.0 Å². The van der Waals surface area contributed by atoms with Crippen LogP contribution >= 0.6 is 11.8 Å². The molecule has 0 aromatic heterocycles. The third-order valence-electron chi connectivity index (χ3n) is 5.26. The van der Waals surface area contributed by atoms with Gasteiger partial charge in [-0.05, 0) is 36.1 Å². The number of fused-ring (bicyclic) bond motifs is 1. The molecule has 0 amide bonds. The van der Waals surface area contributed by atoms with Crippen LogP contribution in [0.15, 0.2) is 52.4 Å². The van der Waals surface area contributed by atoms with Crippen molar-refractivity contribution in [1.29, 1.82) is 0 Å². The minimum atomic E-state index is 0.315. The number of rotatable bonds is 6. The highest BCUT2D eigenvalue weighted by molar-refractivity contribution is 7.98. The maximum atomic E-state index is 5.72. The first-order valence-corrected chi connectivity index (χ1v) is 11.5. The van der Waals surface area contributed by atoms with Crippen molar-refractivity contribution in [2.24, 2.45) is 10.7 Å². The summed E-state index contributed by atoms with van der Waals surface area (Å²) < 4.78 is 10.9. The summed E-state index contributed by atoms with van der Waals surface area (Å²) in [6, 6.07) is 14.5. The highest BCUT2D eigenvalue weighted by atomic mass is 32.2. The molecule has 2 aromatic carbocycles. The molecule has 3 N–H and O–H groups in total. The molecule has 2 aliphatic rings. The number of thioether (sulfide) groups is 1. The third-order valence-corrected chi connectivity index (χ3v) is 6.05. The molecule has 0 bridgehead atoms. The van der Waals surface area contributed by atoms with E-state index in [2.05, 4.69) is 51.7 Å². The number of aliphatic imine (C=N–C) groups is 1. The van der Waals surface area contributed by atoms with Crippen LogP contribution in [0.1, 0.15) is 5.56 Å². The second kappa shape index (κ2) is 10.1. The molecular formula is C22H29N5O2S. The second-order valence-corrected chi connectivity index (χ2v) is 8.12. The topological polar surface area (TPSA) is 75.4 Å². The van der Waals surface area contributed by atoms with E-state index in [0.717, 1.165) is 55.9 Å². The van der Waals surface area contributed by atoms with E-state index in [1.807, 2.05) is 12.1 Å². The lowest BCUT2D eigenvalue weighted by atomic mass is 10.1. The van der Waals surface area contributed by atoms with Crippen LogP contribution in [0.4, 0.5) is 5.69 Å². The van der Waals surface area contributed by atoms with Gasteiger partial charge in [0, 0.05) is 44.2 Å². The van der Waals surface area contributed by atoms with Crippen molar-refractivity contribution in [2.75, 3.05) is 57.6 Å². The summed E-state index contributed by atoms with van der Waals surface area (Å²) in [6.45, 7) is 6.16. The lowest BCUT2D eigenvalue weighted by Gasteiger charge is -2.36. The molecule has 1 saturated heterocycles. The van der Waals surface area contributed by atoms with Gasteiger partial charge in [0.2, 0.25) is 6.79 Å². The molecule has 0 radical (unpaired) electrons. The van der Waals surface area contributed by atoms with Crippen LogP contribution in [-0.4, -0.2) is 68.1 Å². The molecule has 7 nitrogen and oxygen atoms in total. The summed E-state index contributed by atoms with van der Waals surface area (Å²) in [7, 11) is 0. The fourth-order valence-corrected chi connectivity index (χ4v) is 4.23. The van der Waals surface area contributed by atoms with E-state index < -0.39 is 0 Å². The zero-order chi connectivity index (χ0) is 20.8. The number of hydrogen-bond acceptors (Lipinski definition) is 6. The van der Waals surface area contributed by atoms with Crippen molar-refractivity contribution < 1.29 is 9.47 Å². The van der Waals surface area contributed by atoms with Crippen LogP contribution in [0.3, 0.4) is 0 Å². The SMILES string of the molecule is CSc1ccccc1NC(=NCCN)N1CCN(Cc2ccc3c(c2)OCO3)CC1. The second-order valence-electron chi connectivity index (χ2n) is 7.27. The third kappa shape index (κ3) is 5.00. The van der Waals surface area contributed by atoms with E-state index in [0.29, 0.717) is 19.9 Å². The number of nitrogens with two attached hydrogens (primary N) is 1. The average molecular weight is 428 g/mol. The summed E-state index contributed by atoms with van der Waals surface area (Å²) in [4.78, 5) is 10.7. The maximum absolute atomic E-state index is 5.72. The van der Waals surface area contributed by atoms with Gasteiger partial charge in [0.25, 0.3) is 0 Å². The minimum absolute atomic E-state index is 0.315. The molecule has 0 spiro atoms. The van der Waals surface area contributed by atoms with Crippen LogP contribution in [-0.2, 0) is 6.54 Å². The van der Waals surface area contributed by atoms with Gasteiger partial charge in [-0.15, -0.1) is 11.8 Å². The van der Waals surface area contributed by atoms with Crippen molar-refractivity contribution in [3.63, 3.8) is 0 Å². The Morgan fingerprint density at radius 1 is 1.10 bits per heavy atom. The summed E-state index contributed by atoms with van der Waals surface area (Å²) in [5.74, 6) is 2.59. The molecule has 160 valence electrons. The molecule has 2 heterocycles. The number of hydrogen-bond donors (Lipinski definition) is 2. The van der Waals surface area contributed by atoms with Gasteiger partial charge < -0.3 is 25.4 Å². The highest BCUT2D eigenvalue weighted by Gasteiger charge is 2.21. The van der Waals surface area contributed by atoms with E-state index in [4.69, 9.17) is 20.2 Å². The lowest BCUT2D eigenvalue weighted by Crippen LogP contribution is -2.50. The Bertz CT molecular complexity index is 884. The van der Waals surface area contributed by atoms with E-state index in [9.17, 15) is 0 Å². The van der Waals surface area contributed by atoms with Crippen molar-refractivity contribution in [1.82, 2.24) is 9.80 Å². The standard InChI is InChI=1S/C22H29N5O2S/c1-30-21-5-3-2-4-18(21)25-22(24-9-8-23)27-12-10-26(11-13-27)15-17-6-7-19-20(14-17)29-16-28-19/h2-7,14H,8-13,15-16,23H2,1H3,(H,24,25). The average Bonchev–Trinajstić information content (AvgIpc) is 3.25. The number of para-hydroxylation sites is 1. The van der Waals surface area contributed by atoms with Crippen molar-refractivity contribution in [2.45, 2.75) is 11.4 Å². The molecule has 0 unspecified atom stereocenters. The molecule has 8 heteroatoms. The lowest BCUT2D eigenvalue weighted by molar-refractivity contribution is 0.172. The number of guanidine groups is 1. The van der Waals surface area contributed by atoms with Gasteiger partial charge in [0.15, 0.2) is 17.5 Å². The van der Waals surface area contributed by atoms with Crippen molar-refractivity contribution in [3.8, 4) is 11.5 Å². The molecule has 2 aliphatic heterocycles. The molecule has 4 rings (SSSR count). The van der Waals surface area contributed by atoms with Crippen LogP contribution in [0.5, 0.6) is 11.5 Å². The van der Waals surface area contributed by atoms with Gasteiger partial charge in [-0.1, -0.05) is 18.2 Å². The van der Waals surface area contributed by atoms with Gasteiger partial charge in [0.05, 0.1) is 12.2 Å². The first-order valence-electron chi connectivity index (χ1n) is 10.3.